The fourth-order valence-corrected chi connectivity index (χ4v) is 3.39. The largest absolute Gasteiger partial charge is 0.486 e. The van der Waals surface area contributed by atoms with Crippen LogP contribution in [0.4, 0.5) is 14.9 Å². The summed E-state index contributed by atoms with van der Waals surface area (Å²) >= 11 is 0. The molecular formula is C19H19FN2O3. The predicted molar refractivity (Wildman–Crippen MR) is 91.5 cm³/mol. The first-order valence-corrected chi connectivity index (χ1v) is 8.44. The second-order valence-corrected chi connectivity index (χ2v) is 6.16. The van der Waals surface area contributed by atoms with Gasteiger partial charge in [0.05, 0.1) is 6.04 Å². The van der Waals surface area contributed by atoms with Gasteiger partial charge in [-0.25, -0.2) is 9.18 Å². The molecule has 1 fully saturated rings. The number of halogens is 1. The van der Waals surface area contributed by atoms with E-state index in [1.165, 1.54) is 6.07 Å². The Morgan fingerprint density at radius 1 is 1.12 bits per heavy atom. The van der Waals surface area contributed by atoms with Crippen molar-refractivity contribution in [3.63, 3.8) is 0 Å². The highest BCUT2D eigenvalue weighted by atomic mass is 19.1. The van der Waals surface area contributed by atoms with Gasteiger partial charge in [0, 0.05) is 23.9 Å². The number of carbonyl (C=O) groups is 1. The van der Waals surface area contributed by atoms with Crippen molar-refractivity contribution in [3.05, 3.63) is 53.8 Å². The lowest BCUT2D eigenvalue weighted by molar-refractivity contribution is 0.171. The van der Waals surface area contributed by atoms with Gasteiger partial charge in [-0.1, -0.05) is 18.2 Å². The summed E-state index contributed by atoms with van der Waals surface area (Å²) in [6.45, 7) is 1.62. The molecule has 0 unspecified atom stereocenters. The standard InChI is InChI=1S/C19H19FN2O3/c20-15-5-2-1-4-14(15)16-6-3-9-22(16)19(23)21-13-7-8-17-18(12-13)25-11-10-24-17/h1-2,4-5,7-8,12,16H,3,6,9-11H2,(H,21,23)/t16-/m0/s1. The number of carbonyl (C=O) groups excluding carboxylic acids is 1. The van der Waals surface area contributed by atoms with Gasteiger partial charge in [0.2, 0.25) is 0 Å². The highest BCUT2D eigenvalue weighted by Crippen LogP contribution is 2.35. The molecule has 2 aromatic carbocycles. The molecule has 25 heavy (non-hydrogen) atoms. The number of ether oxygens (including phenoxy) is 2. The Balaban J connectivity index is 1.51. The van der Waals surface area contributed by atoms with Crippen molar-refractivity contribution in [2.45, 2.75) is 18.9 Å². The van der Waals surface area contributed by atoms with E-state index in [9.17, 15) is 9.18 Å². The Morgan fingerprint density at radius 3 is 2.76 bits per heavy atom. The Hall–Kier alpha value is -2.76. The first-order chi connectivity index (χ1) is 12.2. The van der Waals surface area contributed by atoms with Gasteiger partial charge in [0.1, 0.15) is 19.0 Å². The molecule has 1 atom stereocenters. The molecule has 5 nitrogen and oxygen atoms in total. The van der Waals surface area contributed by atoms with Gasteiger partial charge < -0.3 is 19.7 Å². The molecule has 2 heterocycles. The zero-order chi connectivity index (χ0) is 17.2. The Morgan fingerprint density at radius 2 is 1.92 bits per heavy atom. The second-order valence-electron chi connectivity index (χ2n) is 6.16. The third-order valence-corrected chi connectivity index (χ3v) is 4.57. The average molecular weight is 342 g/mol. The van der Waals surface area contributed by atoms with E-state index in [2.05, 4.69) is 5.32 Å². The number of urea groups is 1. The molecule has 0 radical (unpaired) electrons. The van der Waals surface area contributed by atoms with Crippen molar-refractivity contribution in [2.75, 3.05) is 25.1 Å². The molecule has 0 aromatic heterocycles. The number of fused-ring (bicyclic) bond motifs is 1. The summed E-state index contributed by atoms with van der Waals surface area (Å²) in [6.07, 6.45) is 1.61. The van der Waals surface area contributed by atoms with E-state index in [1.54, 1.807) is 41.3 Å². The van der Waals surface area contributed by atoms with Crippen molar-refractivity contribution in [2.24, 2.45) is 0 Å². The second kappa shape index (κ2) is 6.63. The first-order valence-electron chi connectivity index (χ1n) is 8.44. The number of amides is 2. The Labute approximate surface area is 145 Å². The van der Waals surface area contributed by atoms with Gasteiger partial charge in [-0.2, -0.15) is 0 Å². The van der Waals surface area contributed by atoms with Gasteiger partial charge >= 0.3 is 6.03 Å². The molecule has 130 valence electrons. The molecule has 0 saturated carbocycles. The minimum Gasteiger partial charge on any atom is -0.486 e. The van der Waals surface area contributed by atoms with Crippen LogP contribution in [-0.2, 0) is 0 Å². The molecule has 0 spiro atoms. The molecular weight excluding hydrogens is 323 g/mol. The fraction of sp³-hybridized carbons (Fsp3) is 0.316. The van der Waals surface area contributed by atoms with E-state index < -0.39 is 0 Å². The van der Waals surface area contributed by atoms with Crippen molar-refractivity contribution < 1.29 is 18.7 Å². The zero-order valence-electron chi connectivity index (χ0n) is 13.7. The normalized spacial score (nSPS) is 18.9. The average Bonchev–Trinajstić information content (AvgIpc) is 3.11. The number of rotatable bonds is 2. The van der Waals surface area contributed by atoms with E-state index in [0.717, 1.165) is 12.8 Å². The number of anilines is 1. The van der Waals surface area contributed by atoms with Crippen LogP contribution < -0.4 is 14.8 Å². The number of nitrogens with zero attached hydrogens (tertiary/aromatic N) is 1. The maximum Gasteiger partial charge on any atom is 0.322 e. The van der Waals surface area contributed by atoms with E-state index in [-0.39, 0.29) is 17.9 Å². The summed E-state index contributed by atoms with van der Waals surface area (Å²) < 4.78 is 25.1. The smallest absolute Gasteiger partial charge is 0.322 e. The van der Waals surface area contributed by atoms with E-state index in [4.69, 9.17) is 9.47 Å². The Kier molecular flexibility index (Phi) is 4.17. The third kappa shape index (κ3) is 3.12. The fourth-order valence-electron chi connectivity index (χ4n) is 3.39. The monoisotopic (exact) mass is 342 g/mol. The van der Waals surface area contributed by atoms with Crippen LogP contribution in [0.1, 0.15) is 24.4 Å². The summed E-state index contributed by atoms with van der Waals surface area (Å²) in [4.78, 5) is 14.4. The molecule has 1 N–H and O–H groups in total. The van der Waals surface area contributed by atoms with Crippen LogP contribution in [0.3, 0.4) is 0 Å². The third-order valence-electron chi connectivity index (χ3n) is 4.57. The zero-order valence-corrected chi connectivity index (χ0v) is 13.7. The highest BCUT2D eigenvalue weighted by molar-refractivity contribution is 5.90. The summed E-state index contributed by atoms with van der Waals surface area (Å²) in [5.41, 5.74) is 1.20. The van der Waals surface area contributed by atoms with Crippen LogP contribution >= 0.6 is 0 Å². The van der Waals surface area contributed by atoms with Crippen molar-refractivity contribution in [1.29, 1.82) is 0 Å². The van der Waals surface area contributed by atoms with Gasteiger partial charge in [-0.3, -0.25) is 0 Å². The van der Waals surface area contributed by atoms with E-state index >= 15 is 0 Å². The van der Waals surface area contributed by atoms with Crippen LogP contribution in [-0.4, -0.2) is 30.7 Å². The van der Waals surface area contributed by atoms with Gasteiger partial charge in [0.15, 0.2) is 11.5 Å². The first kappa shape index (κ1) is 15.7. The molecule has 0 bridgehead atoms. The van der Waals surface area contributed by atoms with Crippen LogP contribution in [0.2, 0.25) is 0 Å². The van der Waals surface area contributed by atoms with Crippen LogP contribution in [0.5, 0.6) is 11.5 Å². The van der Waals surface area contributed by atoms with Gasteiger partial charge in [-0.15, -0.1) is 0 Å². The quantitative estimate of drug-likeness (QED) is 0.898. The summed E-state index contributed by atoms with van der Waals surface area (Å²) in [6, 6.07) is 11.5. The number of benzene rings is 2. The number of hydrogen-bond donors (Lipinski definition) is 1. The van der Waals surface area contributed by atoms with E-state index in [1.807, 2.05) is 0 Å². The molecule has 2 aromatic rings. The summed E-state index contributed by atoms with van der Waals surface area (Å²) in [5, 5.41) is 2.88. The van der Waals surface area contributed by atoms with Crippen LogP contribution in [0, 0.1) is 5.82 Å². The summed E-state index contributed by atoms with van der Waals surface area (Å²) in [5.74, 6) is 1.03. The summed E-state index contributed by atoms with van der Waals surface area (Å²) in [7, 11) is 0. The van der Waals surface area contributed by atoms with Gasteiger partial charge in [-0.05, 0) is 31.0 Å². The Bertz CT molecular complexity index is 796. The van der Waals surface area contributed by atoms with Crippen LogP contribution in [0.25, 0.3) is 0 Å². The SMILES string of the molecule is O=C(Nc1ccc2c(c1)OCCO2)N1CCC[C@H]1c1ccccc1F. The van der Waals surface area contributed by atoms with Crippen LogP contribution in [0.15, 0.2) is 42.5 Å². The lowest BCUT2D eigenvalue weighted by Gasteiger charge is -2.26. The maximum atomic E-state index is 14.1. The highest BCUT2D eigenvalue weighted by Gasteiger charge is 2.31. The predicted octanol–water partition coefficient (Wildman–Crippen LogP) is 3.97. The molecule has 0 aliphatic carbocycles. The number of likely N-dealkylation sites (tertiary alicyclic amines) is 1. The molecule has 6 heteroatoms. The molecule has 2 aliphatic rings. The minimum absolute atomic E-state index is 0.234. The minimum atomic E-state index is -0.272. The molecule has 2 amide bonds. The molecule has 4 rings (SSSR count). The van der Waals surface area contributed by atoms with E-state index in [0.29, 0.717) is 42.5 Å². The van der Waals surface area contributed by atoms with Gasteiger partial charge in [0.25, 0.3) is 0 Å². The maximum absolute atomic E-state index is 14.1. The van der Waals surface area contributed by atoms with Crippen molar-refractivity contribution in [3.8, 4) is 11.5 Å². The lowest BCUT2D eigenvalue weighted by Crippen LogP contribution is -2.34. The van der Waals surface area contributed by atoms with Crippen molar-refractivity contribution >= 4 is 11.7 Å². The topological polar surface area (TPSA) is 50.8 Å². The van der Waals surface area contributed by atoms with Crippen molar-refractivity contribution in [1.82, 2.24) is 4.90 Å². The molecule has 2 aliphatic heterocycles. The lowest BCUT2D eigenvalue weighted by atomic mass is 10.0. The molecule has 1 saturated heterocycles. The number of hydrogen-bond acceptors (Lipinski definition) is 3. The number of nitrogens with one attached hydrogen (secondary N) is 1.